The standard InChI is InChI=1S/C13H16ClNO4S/c14-10-2-1-3-13(6-10)19-8-12(16)7-15-11-4-5-20(17,18)9-11/h1-6,11-12,15-16H,7-9H2. The molecule has 1 aliphatic heterocycles. The number of sulfone groups is 1. The highest BCUT2D eigenvalue weighted by Crippen LogP contribution is 2.17. The molecule has 7 heteroatoms. The number of nitrogens with one attached hydrogen (secondary N) is 1. The van der Waals surface area contributed by atoms with Gasteiger partial charge in [0.2, 0.25) is 0 Å². The molecule has 110 valence electrons. The van der Waals surface area contributed by atoms with E-state index in [0.717, 1.165) is 0 Å². The number of aliphatic hydroxyl groups is 1. The van der Waals surface area contributed by atoms with Gasteiger partial charge in [0.1, 0.15) is 18.5 Å². The lowest BCUT2D eigenvalue weighted by atomic mass is 10.3. The maximum absolute atomic E-state index is 11.2. The van der Waals surface area contributed by atoms with Crippen molar-refractivity contribution in [1.29, 1.82) is 0 Å². The molecule has 2 N–H and O–H groups in total. The van der Waals surface area contributed by atoms with E-state index in [1.54, 1.807) is 30.3 Å². The Labute approximate surface area is 123 Å². The summed E-state index contributed by atoms with van der Waals surface area (Å²) in [5.41, 5.74) is 0. The van der Waals surface area contributed by atoms with Crippen molar-refractivity contribution in [1.82, 2.24) is 5.32 Å². The molecule has 1 heterocycles. The van der Waals surface area contributed by atoms with Crippen molar-refractivity contribution >= 4 is 21.4 Å². The van der Waals surface area contributed by atoms with Crippen LogP contribution in [-0.4, -0.2) is 44.6 Å². The van der Waals surface area contributed by atoms with Crippen LogP contribution >= 0.6 is 11.6 Å². The number of ether oxygens (including phenoxy) is 1. The minimum Gasteiger partial charge on any atom is -0.491 e. The Morgan fingerprint density at radius 3 is 2.95 bits per heavy atom. The molecule has 0 aromatic heterocycles. The van der Waals surface area contributed by atoms with Gasteiger partial charge in [-0.15, -0.1) is 0 Å². The lowest BCUT2D eigenvalue weighted by molar-refractivity contribution is 0.105. The van der Waals surface area contributed by atoms with E-state index < -0.39 is 15.9 Å². The second-order valence-electron chi connectivity index (χ2n) is 4.60. The zero-order valence-electron chi connectivity index (χ0n) is 10.7. The lowest BCUT2D eigenvalue weighted by Crippen LogP contribution is -2.38. The molecule has 0 bridgehead atoms. The second kappa shape index (κ2) is 6.58. The molecule has 1 aromatic carbocycles. The van der Waals surface area contributed by atoms with Gasteiger partial charge in [-0.05, 0) is 18.2 Å². The van der Waals surface area contributed by atoms with Crippen molar-refractivity contribution in [2.75, 3.05) is 18.9 Å². The van der Waals surface area contributed by atoms with Crippen LogP contribution in [0.15, 0.2) is 35.7 Å². The molecule has 2 atom stereocenters. The van der Waals surface area contributed by atoms with Crippen molar-refractivity contribution in [3.8, 4) is 5.75 Å². The van der Waals surface area contributed by atoms with Crippen LogP contribution in [0.5, 0.6) is 5.75 Å². The summed E-state index contributed by atoms with van der Waals surface area (Å²) in [6.45, 7) is 0.363. The quantitative estimate of drug-likeness (QED) is 0.818. The number of rotatable bonds is 6. The third-order valence-corrected chi connectivity index (χ3v) is 4.41. The third kappa shape index (κ3) is 4.79. The Morgan fingerprint density at radius 2 is 2.30 bits per heavy atom. The largest absolute Gasteiger partial charge is 0.491 e. The molecule has 0 aliphatic carbocycles. The van der Waals surface area contributed by atoms with Gasteiger partial charge in [-0.2, -0.15) is 0 Å². The first-order valence-corrected chi connectivity index (χ1v) is 8.25. The molecule has 2 unspecified atom stereocenters. The van der Waals surface area contributed by atoms with E-state index in [2.05, 4.69) is 5.32 Å². The van der Waals surface area contributed by atoms with Crippen molar-refractivity contribution in [3.05, 3.63) is 40.8 Å². The van der Waals surface area contributed by atoms with Crippen molar-refractivity contribution in [3.63, 3.8) is 0 Å². The third-order valence-electron chi connectivity index (χ3n) is 2.78. The normalized spacial score (nSPS) is 21.8. The van der Waals surface area contributed by atoms with Crippen molar-refractivity contribution < 1.29 is 18.3 Å². The maximum atomic E-state index is 11.2. The monoisotopic (exact) mass is 317 g/mol. The Morgan fingerprint density at radius 1 is 1.50 bits per heavy atom. The molecule has 0 saturated heterocycles. The Kier molecular flexibility index (Phi) is 5.04. The zero-order valence-corrected chi connectivity index (χ0v) is 12.3. The van der Waals surface area contributed by atoms with Gasteiger partial charge in [-0.25, -0.2) is 8.42 Å². The summed E-state index contributed by atoms with van der Waals surface area (Å²) < 4.78 is 27.8. The van der Waals surface area contributed by atoms with Crippen LogP contribution in [0.1, 0.15) is 0 Å². The highest BCUT2D eigenvalue weighted by Gasteiger charge is 2.21. The highest BCUT2D eigenvalue weighted by molar-refractivity contribution is 7.94. The summed E-state index contributed by atoms with van der Waals surface area (Å²) in [6.07, 6.45) is 0.852. The first-order valence-electron chi connectivity index (χ1n) is 6.15. The van der Waals surface area contributed by atoms with Gasteiger partial charge >= 0.3 is 0 Å². The fourth-order valence-electron chi connectivity index (χ4n) is 1.80. The minimum atomic E-state index is -3.07. The van der Waals surface area contributed by atoms with Gasteiger partial charge in [0.25, 0.3) is 0 Å². The average Bonchev–Trinajstić information content (AvgIpc) is 2.74. The summed E-state index contributed by atoms with van der Waals surface area (Å²) in [7, 11) is -3.07. The van der Waals surface area contributed by atoms with Crippen LogP contribution in [0.2, 0.25) is 5.02 Å². The van der Waals surface area contributed by atoms with Crippen LogP contribution in [0.4, 0.5) is 0 Å². The maximum Gasteiger partial charge on any atom is 0.173 e. The first-order chi connectivity index (χ1) is 9.44. The van der Waals surface area contributed by atoms with Gasteiger partial charge < -0.3 is 15.2 Å². The Bertz CT molecular complexity index is 588. The van der Waals surface area contributed by atoms with Gasteiger partial charge in [0, 0.05) is 23.0 Å². The minimum absolute atomic E-state index is 0.0366. The van der Waals surface area contributed by atoms with Gasteiger partial charge in [-0.1, -0.05) is 23.7 Å². The lowest BCUT2D eigenvalue weighted by Gasteiger charge is -2.15. The highest BCUT2D eigenvalue weighted by atomic mass is 35.5. The van der Waals surface area contributed by atoms with Gasteiger partial charge in [-0.3, -0.25) is 0 Å². The molecule has 0 fully saturated rings. The van der Waals surface area contributed by atoms with E-state index in [9.17, 15) is 13.5 Å². The van der Waals surface area contributed by atoms with Crippen LogP contribution < -0.4 is 10.1 Å². The van der Waals surface area contributed by atoms with Gasteiger partial charge in [0.15, 0.2) is 9.84 Å². The number of aliphatic hydroxyl groups excluding tert-OH is 1. The molecular formula is C13H16ClNO4S. The van der Waals surface area contributed by atoms with Crippen molar-refractivity contribution in [2.24, 2.45) is 0 Å². The molecule has 0 radical (unpaired) electrons. The summed E-state index contributed by atoms with van der Waals surface area (Å²) in [4.78, 5) is 0. The number of hydrogen-bond acceptors (Lipinski definition) is 5. The molecule has 2 rings (SSSR count). The topological polar surface area (TPSA) is 75.6 Å². The van der Waals surface area contributed by atoms with E-state index in [1.807, 2.05) is 0 Å². The zero-order chi connectivity index (χ0) is 14.6. The van der Waals surface area contributed by atoms with Crippen molar-refractivity contribution in [2.45, 2.75) is 12.1 Å². The molecule has 1 aromatic rings. The van der Waals surface area contributed by atoms with E-state index in [0.29, 0.717) is 10.8 Å². The summed E-state index contributed by atoms with van der Waals surface area (Å²) in [5, 5.41) is 14.5. The molecule has 1 aliphatic rings. The second-order valence-corrected chi connectivity index (χ2v) is 6.96. The van der Waals surface area contributed by atoms with Crippen LogP contribution in [0.3, 0.4) is 0 Å². The molecule has 0 saturated carbocycles. The van der Waals surface area contributed by atoms with E-state index in [-0.39, 0.29) is 24.9 Å². The predicted molar refractivity (Wildman–Crippen MR) is 77.7 cm³/mol. The molecule has 0 spiro atoms. The fraction of sp³-hybridized carbons (Fsp3) is 0.385. The molecule has 5 nitrogen and oxygen atoms in total. The average molecular weight is 318 g/mol. The van der Waals surface area contributed by atoms with E-state index in [1.165, 1.54) is 5.41 Å². The predicted octanol–water partition coefficient (Wildman–Crippen LogP) is 0.980. The fourth-order valence-corrected chi connectivity index (χ4v) is 3.25. The summed E-state index contributed by atoms with van der Waals surface area (Å²) >= 11 is 5.81. The molecule has 0 amide bonds. The van der Waals surface area contributed by atoms with Crippen LogP contribution in [0.25, 0.3) is 0 Å². The SMILES string of the molecule is O=S1(=O)C=CC(NCC(O)COc2cccc(Cl)c2)C1. The Balaban J connectivity index is 1.71. The number of benzene rings is 1. The first kappa shape index (κ1) is 15.3. The van der Waals surface area contributed by atoms with Gasteiger partial charge in [0.05, 0.1) is 5.75 Å². The number of hydrogen-bond donors (Lipinski definition) is 2. The molecule has 20 heavy (non-hydrogen) atoms. The summed E-state index contributed by atoms with van der Waals surface area (Å²) in [6, 6.07) is 6.66. The van der Waals surface area contributed by atoms with Crippen LogP contribution in [0, 0.1) is 0 Å². The van der Waals surface area contributed by atoms with E-state index >= 15 is 0 Å². The smallest absolute Gasteiger partial charge is 0.173 e. The molecular weight excluding hydrogens is 302 g/mol. The summed E-state index contributed by atoms with van der Waals surface area (Å²) in [5.74, 6) is 0.620. The Hall–Kier alpha value is -1.08. The number of halogens is 1. The van der Waals surface area contributed by atoms with Crippen LogP contribution in [-0.2, 0) is 9.84 Å². The van der Waals surface area contributed by atoms with E-state index in [4.69, 9.17) is 16.3 Å².